The van der Waals surface area contributed by atoms with Crippen molar-refractivity contribution in [3.8, 4) is 0 Å². The summed E-state index contributed by atoms with van der Waals surface area (Å²) in [5.41, 5.74) is 3.14. The molecule has 5 rings (SSSR count). The van der Waals surface area contributed by atoms with Crippen LogP contribution in [0.5, 0.6) is 0 Å². The van der Waals surface area contributed by atoms with Gasteiger partial charge in [-0.1, -0.05) is 18.2 Å². The number of hydroxylamine groups is 2. The number of alkyl halides is 3. The fourth-order valence-electron chi connectivity index (χ4n) is 4.53. The van der Waals surface area contributed by atoms with Gasteiger partial charge in [0.15, 0.2) is 0 Å². The number of hydrogen-bond acceptors (Lipinski definition) is 5. The molecule has 2 aliphatic heterocycles. The van der Waals surface area contributed by atoms with E-state index in [0.29, 0.717) is 24.8 Å². The Morgan fingerprint density at radius 1 is 1.21 bits per heavy atom. The van der Waals surface area contributed by atoms with Gasteiger partial charge >= 0.3 is 12.1 Å². The van der Waals surface area contributed by atoms with E-state index in [1.807, 2.05) is 48.1 Å². The predicted octanol–water partition coefficient (Wildman–Crippen LogP) is 4.02. The number of benzene rings is 2. The Morgan fingerprint density at radius 2 is 1.97 bits per heavy atom. The highest BCUT2D eigenvalue weighted by Gasteiger charge is 2.44. The van der Waals surface area contributed by atoms with Gasteiger partial charge in [-0.2, -0.15) is 18.3 Å². The van der Waals surface area contributed by atoms with Crippen LogP contribution in [0.2, 0.25) is 0 Å². The molecule has 2 aromatic carbocycles. The molecule has 2 aliphatic rings. The van der Waals surface area contributed by atoms with Crippen LogP contribution < -0.4 is 5.32 Å². The normalized spacial score (nSPS) is 17.9. The molecule has 0 atom stereocenters. The third kappa shape index (κ3) is 3.84. The van der Waals surface area contributed by atoms with Crippen LogP contribution in [0.3, 0.4) is 0 Å². The van der Waals surface area contributed by atoms with Crippen LogP contribution in [-0.2, 0) is 21.6 Å². The molecule has 0 saturated carbocycles. The van der Waals surface area contributed by atoms with Crippen molar-refractivity contribution in [2.24, 2.45) is 0 Å². The van der Waals surface area contributed by atoms with Crippen molar-refractivity contribution < 1.29 is 27.6 Å². The van der Waals surface area contributed by atoms with Gasteiger partial charge < -0.3 is 10.2 Å². The molecule has 33 heavy (non-hydrogen) atoms. The number of anilines is 1. The lowest BCUT2D eigenvalue weighted by Gasteiger charge is -2.38. The lowest BCUT2D eigenvalue weighted by Crippen LogP contribution is -2.46. The van der Waals surface area contributed by atoms with E-state index in [1.165, 1.54) is 0 Å². The molecule has 0 radical (unpaired) electrons. The minimum Gasteiger partial charge on any atom is -0.361 e. The van der Waals surface area contributed by atoms with Crippen LogP contribution in [0, 0.1) is 0 Å². The average Bonchev–Trinajstić information content (AvgIpc) is 3.37. The van der Waals surface area contributed by atoms with Crippen molar-refractivity contribution in [3.05, 3.63) is 59.4 Å². The van der Waals surface area contributed by atoms with E-state index >= 15 is 0 Å². The van der Waals surface area contributed by atoms with E-state index in [4.69, 9.17) is 0 Å². The number of aromatic nitrogens is 2. The number of amides is 1. The van der Waals surface area contributed by atoms with Crippen molar-refractivity contribution in [3.63, 3.8) is 0 Å². The van der Waals surface area contributed by atoms with Gasteiger partial charge in [0, 0.05) is 42.3 Å². The first kappa shape index (κ1) is 21.4. The van der Waals surface area contributed by atoms with Crippen LogP contribution in [0.1, 0.15) is 41.3 Å². The fraction of sp³-hybridized carbons (Fsp3) is 0.348. The molecule has 10 heteroatoms. The highest BCUT2D eigenvalue weighted by molar-refractivity contribution is 6.24. The Morgan fingerprint density at radius 3 is 2.70 bits per heavy atom. The minimum absolute atomic E-state index is 0.0965. The molecule has 1 aromatic heterocycles. The molecule has 1 amide bonds. The molecule has 3 aromatic rings. The lowest BCUT2D eigenvalue weighted by atomic mass is 9.90. The number of carbonyl (C=O) groups excluding carboxylic acids is 2. The Kier molecular flexibility index (Phi) is 4.93. The van der Waals surface area contributed by atoms with Crippen LogP contribution in [0.25, 0.3) is 10.8 Å². The van der Waals surface area contributed by atoms with Crippen LogP contribution in [0.4, 0.5) is 18.9 Å². The molecular weight excluding hydrogens is 437 g/mol. The first-order valence-electron chi connectivity index (χ1n) is 10.6. The predicted molar refractivity (Wildman–Crippen MR) is 114 cm³/mol. The number of carbonyl (C=O) groups is 2. The summed E-state index contributed by atoms with van der Waals surface area (Å²) in [6, 6.07) is 9.60. The lowest BCUT2D eigenvalue weighted by molar-refractivity contribution is -0.243. The third-order valence-corrected chi connectivity index (χ3v) is 6.45. The summed E-state index contributed by atoms with van der Waals surface area (Å²) in [6.07, 6.45) is 0.309. The number of nitrogens with zero attached hydrogens (tertiary/aromatic N) is 3. The van der Waals surface area contributed by atoms with Crippen molar-refractivity contribution in [1.29, 1.82) is 0 Å². The van der Waals surface area contributed by atoms with Crippen molar-refractivity contribution >= 4 is 28.3 Å². The molecule has 1 saturated heterocycles. The molecule has 1 N–H and O–H groups in total. The second-order valence-electron chi connectivity index (χ2n) is 8.73. The first-order valence-corrected chi connectivity index (χ1v) is 10.6. The summed E-state index contributed by atoms with van der Waals surface area (Å²) in [5, 5.41) is 10.4. The van der Waals surface area contributed by atoms with Crippen molar-refractivity contribution in [2.75, 3.05) is 18.4 Å². The summed E-state index contributed by atoms with van der Waals surface area (Å²) in [6.45, 7) is 2.36. The number of halogens is 3. The molecule has 0 spiro atoms. The van der Waals surface area contributed by atoms with Crippen LogP contribution in [0.15, 0.2) is 42.7 Å². The van der Waals surface area contributed by atoms with E-state index in [9.17, 15) is 22.8 Å². The maximum Gasteiger partial charge on any atom is 0.492 e. The van der Waals surface area contributed by atoms with Gasteiger partial charge in [0.25, 0.3) is 5.91 Å². The summed E-state index contributed by atoms with van der Waals surface area (Å²) in [7, 11) is 0. The molecule has 172 valence electrons. The Labute approximate surface area is 187 Å². The fourth-order valence-corrected chi connectivity index (χ4v) is 4.53. The number of nitrogens with one attached hydrogen (secondary N) is 1. The monoisotopic (exact) mass is 458 g/mol. The summed E-state index contributed by atoms with van der Waals surface area (Å²) < 4.78 is 39.1. The second-order valence-corrected chi connectivity index (χ2v) is 8.73. The van der Waals surface area contributed by atoms with Gasteiger partial charge in [0.2, 0.25) is 0 Å². The quantitative estimate of drug-likeness (QED) is 0.639. The minimum atomic E-state index is -5.01. The van der Waals surface area contributed by atoms with Gasteiger partial charge in [-0.3, -0.25) is 9.48 Å². The Bertz CT molecular complexity index is 1260. The van der Waals surface area contributed by atoms with E-state index in [-0.39, 0.29) is 19.0 Å². The standard InChI is InChI=1S/C23H21F3N4O3/c1-22(7-9-29(10-8-22)33-21(32)23(24,25)26)30-13-14(12-27-30)11-15-5-6-18-19-16(15)3-2-4-17(19)20(31)28-18/h2-6,12-13H,7-11H2,1H3,(H,28,31). The molecule has 0 unspecified atom stereocenters. The van der Waals surface area contributed by atoms with Gasteiger partial charge in [-0.05, 0) is 48.4 Å². The van der Waals surface area contributed by atoms with Gasteiger partial charge in [-0.25, -0.2) is 4.79 Å². The van der Waals surface area contributed by atoms with Crippen LogP contribution >= 0.6 is 0 Å². The van der Waals surface area contributed by atoms with Gasteiger partial charge in [0.05, 0.1) is 11.7 Å². The summed E-state index contributed by atoms with van der Waals surface area (Å²) >= 11 is 0. The second kappa shape index (κ2) is 7.58. The van der Waals surface area contributed by atoms with E-state index in [1.54, 1.807) is 6.20 Å². The zero-order valence-corrected chi connectivity index (χ0v) is 17.8. The van der Waals surface area contributed by atoms with Crippen molar-refractivity contribution in [2.45, 2.75) is 37.9 Å². The van der Waals surface area contributed by atoms with Gasteiger partial charge in [-0.15, -0.1) is 5.06 Å². The molecular formula is C23H21F3N4O3. The largest absolute Gasteiger partial charge is 0.492 e. The molecule has 0 aliphatic carbocycles. The third-order valence-electron chi connectivity index (χ3n) is 6.45. The Hall–Kier alpha value is -3.40. The van der Waals surface area contributed by atoms with Gasteiger partial charge in [0.1, 0.15) is 0 Å². The SMILES string of the molecule is CC1(n2cc(Cc3ccc4c5c(cccc35)C(=O)N4)cn2)CCN(OC(=O)C(F)(F)F)CC1. The highest BCUT2D eigenvalue weighted by Crippen LogP contribution is 2.36. The van der Waals surface area contributed by atoms with Crippen molar-refractivity contribution in [1.82, 2.24) is 14.8 Å². The molecule has 3 heterocycles. The summed E-state index contributed by atoms with van der Waals surface area (Å²) in [5.74, 6) is -2.30. The maximum atomic E-state index is 12.4. The maximum absolute atomic E-state index is 12.4. The van der Waals surface area contributed by atoms with E-state index < -0.39 is 17.7 Å². The van der Waals surface area contributed by atoms with Crippen LogP contribution in [-0.4, -0.2) is 46.0 Å². The zero-order valence-electron chi connectivity index (χ0n) is 17.8. The van der Waals surface area contributed by atoms with E-state index in [0.717, 1.165) is 32.6 Å². The Balaban J connectivity index is 1.30. The summed E-state index contributed by atoms with van der Waals surface area (Å²) in [4.78, 5) is 27.7. The smallest absolute Gasteiger partial charge is 0.361 e. The average molecular weight is 458 g/mol. The number of hydrogen-bond donors (Lipinski definition) is 1. The molecule has 7 nitrogen and oxygen atoms in total. The first-order chi connectivity index (χ1) is 15.6. The topological polar surface area (TPSA) is 76.5 Å². The zero-order chi connectivity index (χ0) is 23.4. The molecule has 1 fully saturated rings. The number of piperidine rings is 1. The number of rotatable bonds is 4. The van der Waals surface area contributed by atoms with E-state index in [2.05, 4.69) is 15.3 Å². The molecule has 0 bridgehead atoms. The highest BCUT2D eigenvalue weighted by atomic mass is 19.4.